The van der Waals surface area contributed by atoms with Crippen LogP contribution < -0.4 is 15.8 Å². The van der Waals surface area contributed by atoms with Gasteiger partial charge in [-0.3, -0.25) is 4.79 Å². The van der Waals surface area contributed by atoms with Crippen LogP contribution in [0.4, 0.5) is 0 Å². The van der Waals surface area contributed by atoms with Crippen molar-refractivity contribution < 1.29 is 13.2 Å². The van der Waals surface area contributed by atoms with E-state index in [0.717, 1.165) is 53.5 Å². The first-order chi connectivity index (χ1) is 12.5. The van der Waals surface area contributed by atoms with E-state index in [-0.39, 0.29) is 31.0 Å². The lowest BCUT2D eigenvalue weighted by atomic mass is 9.92. The van der Waals surface area contributed by atoms with E-state index in [4.69, 9.17) is 5.73 Å². The molecule has 152 valence electrons. The zero-order valence-electron chi connectivity index (χ0n) is 17.1. The summed E-state index contributed by atoms with van der Waals surface area (Å²) < 4.78 is 28.3. The average molecular weight is 396 g/mol. The SMILES string of the molecule is Cc1c(C)c(C)c(S(=O)(=O)NCCC(=O)NC2CCC(N)CC2)c(C)c1C. The van der Waals surface area contributed by atoms with Crippen LogP contribution >= 0.6 is 0 Å². The quantitative estimate of drug-likeness (QED) is 0.688. The molecule has 1 saturated carbocycles. The molecule has 0 aliphatic heterocycles. The van der Waals surface area contributed by atoms with Crippen molar-refractivity contribution >= 4 is 15.9 Å². The highest BCUT2D eigenvalue weighted by Gasteiger charge is 2.24. The van der Waals surface area contributed by atoms with Crippen LogP contribution in [0.3, 0.4) is 0 Å². The number of nitrogens with one attached hydrogen (secondary N) is 2. The van der Waals surface area contributed by atoms with Gasteiger partial charge < -0.3 is 11.1 Å². The summed E-state index contributed by atoms with van der Waals surface area (Å²) in [5.74, 6) is -0.122. The minimum Gasteiger partial charge on any atom is -0.353 e. The third-order valence-electron chi connectivity index (χ3n) is 5.98. The van der Waals surface area contributed by atoms with Crippen LogP contribution in [0.5, 0.6) is 0 Å². The molecule has 1 aliphatic rings. The zero-order chi connectivity index (χ0) is 20.4. The van der Waals surface area contributed by atoms with E-state index in [1.54, 1.807) is 0 Å². The van der Waals surface area contributed by atoms with Crippen LogP contribution in [0.2, 0.25) is 0 Å². The predicted octanol–water partition coefficient (Wildman–Crippen LogP) is 2.28. The molecule has 1 aromatic carbocycles. The van der Waals surface area contributed by atoms with Crippen molar-refractivity contribution in [1.29, 1.82) is 0 Å². The Morgan fingerprint density at radius 3 is 1.93 bits per heavy atom. The number of hydrogen-bond acceptors (Lipinski definition) is 4. The molecule has 6 nitrogen and oxygen atoms in total. The van der Waals surface area contributed by atoms with Gasteiger partial charge in [-0.2, -0.15) is 0 Å². The van der Waals surface area contributed by atoms with Gasteiger partial charge in [0.15, 0.2) is 0 Å². The Balaban J connectivity index is 1.99. The maximum Gasteiger partial charge on any atom is 0.241 e. The molecule has 0 heterocycles. The maximum atomic E-state index is 12.8. The van der Waals surface area contributed by atoms with Crippen molar-refractivity contribution in [2.45, 2.75) is 83.7 Å². The number of benzene rings is 1. The minimum atomic E-state index is -3.67. The van der Waals surface area contributed by atoms with Crippen molar-refractivity contribution in [3.63, 3.8) is 0 Å². The zero-order valence-corrected chi connectivity index (χ0v) is 17.9. The monoisotopic (exact) mass is 395 g/mol. The van der Waals surface area contributed by atoms with E-state index in [2.05, 4.69) is 10.0 Å². The smallest absolute Gasteiger partial charge is 0.241 e. The molecule has 1 aromatic rings. The van der Waals surface area contributed by atoms with Crippen LogP contribution in [0.15, 0.2) is 4.90 Å². The molecule has 1 fully saturated rings. The highest BCUT2D eigenvalue weighted by atomic mass is 32.2. The van der Waals surface area contributed by atoms with E-state index < -0.39 is 10.0 Å². The van der Waals surface area contributed by atoms with Crippen LogP contribution in [0.1, 0.15) is 59.9 Å². The standard InChI is InChI=1S/C20H33N3O3S/c1-12-13(2)15(4)20(16(5)14(12)3)27(25,26)22-11-10-19(24)23-18-8-6-17(21)7-9-18/h17-18,22H,6-11,21H2,1-5H3,(H,23,24). The topological polar surface area (TPSA) is 101 Å². The summed E-state index contributed by atoms with van der Waals surface area (Å²) in [5, 5.41) is 2.98. The third kappa shape index (κ3) is 5.09. The van der Waals surface area contributed by atoms with Crippen molar-refractivity contribution in [1.82, 2.24) is 10.0 Å². The fraction of sp³-hybridized carbons (Fsp3) is 0.650. The average Bonchev–Trinajstić information content (AvgIpc) is 2.60. The summed E-state index contributed by atoms with van der Waals surface area (Å²) in [7, 11) is -3.67. The van der Waals surface area contributed by atoms with Crippen molar-refractivity contribution in [2.24, 2.45) is 5.73 Å². The second-order valence-electron chi connectivity index (χ2n) is 7.78. The van der Waals surface area contributed by atoms with Gasteiger partial charge in [0.1, 0.15) is 0 Å². The molecule has 4 N–H and O–H groups in total. The van der Waals surface area contributed by atoms with E-state index in [1.807, 2.05) is 34.6 Å². The molecular weight excluding hydrogens is 362 g/mol. The first kappa shape index (κ1) is 21.9. The maximum absolute atomic E-state index is 12.8. The number of hydrogen-bond donors (Lipinski definition) is 3. The van der Waals surface area contributed by atoms with Gasteiger partial charge in [0.05, 0.1) is 4.90 Å². The van der Waals surface area contributed by atoms with Crippen molar-refractivity contribution in [3.05, 3.63) is 27.8 Å². The fourth-order valence-electron chi connectivity index (χ4n) is 3.80. The second kappa shape index (κ2) is 8.71. The summed E-state index contributed by atoms with van der Waals surface area (Å²) >= 11 is 0. The van der Waals surface area contributed by atoms with Gasteiger partial charge in [-0.1, -0.05) is 0 Å². The first-order valence-electron chi connectivity index (χ1n) is 9.66. The fourth-order valence-corrected chi connectivity index (χ4v) is 5.43. The molecule has 0 aromatic heterocycles. The molecule has 27 heavy (non-hydrogen) atoms. The van der Waals surface area contributed by atoms with Gasteiger partial charge in [-0.05, 0) is 88.1 Å². The lowest BCUT2D eigenvalue weighted by Gasteiger charge is -2.26. The molecule has 0 bridgehead atoms. The molecule has 0 saturated heterocycles. The lowest BCUT2D eigenvalue weighted by molar-refractivity contribution is -0.121. The summed E-state index contributed by atoms with van der Waals surface area (Å²) in [6.45, 7) is 9.66. The number of nitrogens with two attached hydrogens (primary N) is 1. The van der Waals surface area contributed by atoms with Gasteiger partial charge in [0.2, 0.25) is 15.9 Å². The van der Waals surface area contributed by atoms with Crippen LogP contribution in [-0.4, -0.2) is 33.0 Å². The van der Waals surface area contributed by atoms with Gasteiger partial charge in [0, 0.05) is 25.0 Å². The first-order valence-corrected chi connectivity index (χ1v) is 11.1. The third-order valence-corrected chi connectivity index (χ3v) is 7.72. The van der Waals surface area contributed by atoms with Gasteiger partial charge in [-0.15, -0.1) is 0 Å². The summed E-state index contributed by atoms with van der Waals surface area (Å²) in [5.41, 5.74) is 10.5. The molecule has 0 radical (unpaired) electrons. The lowest BCUT2D eigenvalue weighted by Crippen LogP contribution is -2.41. The van der Waals surface area contributed by atoms with Gasteiger partial charge in [-0.25, -0.2) is 13.1 Å². The largest absolute Gasteiger partial charge is 0.353 e. The predicted molar refractivity (Wildman–Crippen MR) is 108 cm³/mol. The molecule has 1 aliphatic carbocycles. The number of carbonyl (C=O) groups excluding carboxylic acids is 1. The number of amides is 1. The van der Waals surface area contributed by atoms with Crippen molar-refractivity contribution in [2.75, 3.05) is 6.54 Å². The highest BCUT2D eigenvalue weighted by Crippen LogP contribution is 2.29. The van der Waals surface area contributed by atoms with Crippen LogP contribution in [0.25, 0.3) is 0 Å². The molecule has 0 spiro atoms. The highest BCUT2D eigenvalue weighted by molar-refractivity contribution is 7.89. The van der Waals surface area contributed by atoms with Gasteiger partial charge in [0.25, 0.3) is 0 Å². The number of rotatable bonds is 6. The minimum absolute atomic E-state index is 0.0885. The Morgan fingerprint density at radius 1 is 0.926 bits per heavy atom. The molecule has 2 rings (SSSR count). The second-order valence-corrected chi connectivity index (χ2v) is 9.48. The Bertz CT molecular complexity index is 781. The Labute approximate surface area is 163 Å². The van der Waals surface area contributed by atoms with E-state index in [0.29, 0.717) is 4.90 Å². The molecule has 0 unspecified atom stereocenters. The van der Waals surface area contributed by atoms with E-state index >= 15 is 0 Å². The number of carbonyl (C=O) groups is 1. The van der Waals surface area contributed by atoms with E-state index in [9.17, 15) is 13.2 Å². The Morgan fingerprint density at radius 2 is 1.41 bits per heavy atom. The summed E-state index contributed by atoms with van der Waals surface area (Å²) in [4.78, 5) is 12.5. The van der Waals surface area contributed by atoms with Crippen LogP contribution in [-0.2, 0) is 14.8 Å². The summed E-state index contributed by atoms with van der Waals surface area (Å²) in [6, 6.07) is 0.388. The van der Waals surface area contributed by atoms with Gasteiger partial charge >= 0.3 is 0 Å². The normalized spacial score (nSPS) is 20.5. The summed E-state index contributed by atoms with van der Waals surface area (Å²) in [6.07, 6.45) is 3.74. The van der Waals surface area contributed by atoms with Crippen LogP contribution in [0, 0.1) is 34.6 Å². The molecular formula is C20H33N3O3S. The Hall–Kier alpha value is -1.44. The molecule has 1 amide bonds. The molecule has 7 heteroatoms. The van der Waals surface area contributed by atoms with E-state index in [1.165, 1.54) is 0 Å². The molecule has 0 atom stereocenters. The van der Waals surface area contributed by atoms with Crippen molar-refractivity contribution in [3.8, 4) is 0 Å². The number of sulfonamides is 1. The Kier molecular flexibility index (Phi) is 7.05.